The Hall–Kier alpha value is -1.82. The lowest BCUT2D eigenvalue weighted by Crippen LogP contribution is -2.07. The highest BCUT2D eigenvalue weighted by molar-refractivity contribution is 9.10. The van der Waals surface area contributed by atoms with E-state index in [9.17, 15) is 4.79 Å². The van der Waals surface area contributed by atoms with Gasteiger partial charge in [-0.15, -0.1) is 0 Å². The number of rotatable bonds is 3. The van der Waals surface area contributed by atoms with Crippen LogP contribution in [0, 0.1) is 0 Å². The highest BCUT2D eigenvalue weighted by Crippen LogP contribution is 2.27. The maximum atomic E-state index is 11.6. The normalized spacial score (nSPS) is 10.3. The topological polar surface area (TPSA) is 81.0 Å². The number of hydrogen-bond donors (Lipinski definition) is 2. The number of hydrogen-bond acceptors (Lipinski definition) is 4. The van der Waals surface area contributed by atoms with E-state index in [1.54, 1.807) is 6.92 Å². The number of nitrogens with two attached hydrogens (primary N) is 1. The Morgan fingerprint density at radius 2 is 2.11 bits per heavy atom. The zero-order valence-corrected chi connectivity index (χ0v) is 11.3. The van der Waals surface area contributed by atoms with Gasteiger partial charge in [0.1, 0.15) is 5.69 Å². The molecule has 6 heteroatoms. The molecule has 18 heavy (non-hydrogen) atoms. The number of halogens is 1. The Labute approximate surface area is 112 Å². The number of benzene rings is 1. The summed E-state index contributed by atoms with van der Waals surface area (Å²) in [4.78, 5) is 11.6. The molecule has 0 aliphatic rings. The van der Waals surface area contributed by atoms with Crippen molar-refractivity contribution in [1.29, 1.82) is 0 Å². The van der Waals surface area contributed by atoms with Crippen LogP contribution in [-0.4, -0.2) is 22.8 Å². The van der Waals surface area contributed by atoms with Gasteiger partial charge in [0.05, 0.1) is 12.3 Å². The van der Waals surface area contributed by atoms with Gasteiger partial charge in [-0.05, 0) is 19.1 Å². The van der Waals surface area contributed by atoms with Crippen molar-refractivity contribution in [3.05, 3.63) is 34.4 Å². The summed E-state index contributed by atoms with van der Waals surface area (Å²) in [6.45, 7) is 2.03. The van der Waals surface area contributed by atoms with Crippen LogP contribution in [0.2, 0.25) is 0 Å². The van der Waals surface area contributed by atoms with Crippen LogP contribution in [0.25, 0.3) is 11.3 Å². The van der Waals surface area contributed by atoms with Gasteiger partial charge in [-0.2, -0.15) is 5.10 Å². The first-order valence-corrected chi connectivity index (χ1v) is 6.19. The van der Waals surface area contributed by atoms with Gasteiger partial charge in [-0.3, -0.25) is 5.10 Å². The number of aromatic amines is 1. The zero-order valence-electron chi connectivity index (χ0n) is 9.74. The number of aromatic nitrogens is 2. The predicted molar refractivity (Wildman–Crippen MR) is 72.1 cm³/mol. The van der Waals surface area contributed by atoms with Crippen LogP contribution < -0.4 is 5.73 Å². The second-order valence-corrected chi connectivity index (χ2v) is 4.50. The van der Waals surface area contributed by atoms with E-state index >= 15 is 0 Å². The van der Waals surface area contributed by atoms with Crippen molar-refractivity contribution in [2.45, 2.75) is 6.92 Å². The monoisotopic (exact) mass is 309 g/mol. The summed E-state index contributed by atoms with van der Waals surface area (Å²) in [6, 6.07) is 7.50. The molecular weight excluding hydrogens is 298 g/mol. The van der Waals surface area contributed by atoms with Crippen LogP contribution in [0.4, 0.5) is 5.69 Å². The Morgan fingerprint density at radius 3 is 2.72 bits per heavy atom. The maximum absolute atomic E-state index is 11.6. The summed E-state index contributed by atoms with van der Waals surface area (Å²) in [5.41, 5.74) is 7.77. The van der Waals surface area contributed by atoms with E-state index in [1.807, 2.05) is 24.3 Å². The van der Waals surface area contributed by atoms with Crippen molar-refractivity contribution < 1.29 is 9.53 Å². The van der Waals surface area contributed by atoms with Crippen molar-refractivity contribution in [2.75, 3.05) is 12.3 Å². The van der Waals surface area contributed by atoms with Gasteiger partial charge >= 0.3 is 5.97 Å². The third kappa shape index (κ3) is 2.38. The third-order valence-electron chi connectivity index (χ3n) is 2.40. The molecule has 0 saturated heterocycles. The fraction of sp³-hybridized carbons (Fsp3) is 0.167. The molecule has 0 spiro atoms. The molecule has 2 aromatic rings. The average molecular weight is 310 g/mol. The standard InChI is InChI=1S/C12H12BrN3O2/c1-2-18-12(17)11-9(14)10(15-16-11)7-3-5-8(13)6-4-7/h3-6H,2,14H2,1H3,(H,15,16). The minimum atomic E-state index is -0.495. The molecule has 94 valence electrons. The molecule has 2 rings (SSSR count). The van der Waals surface area contributed by atoms with Gasteiger partial charge < -0.3 is 10.5 Å². The van der Waals surface area contributed by atoms with E-state index < -0.39 is 5.97 Å². The van der Waals surface area contributed by atoms with Crippen molar-refractivity contribution in [3.63, 3.8) is 0 Å². The number of nitrogens with one attached hydrogen (secondary N) is 1. The minimum Gasteiger partial charge on any atom is -0.461 e. The van der Waals surface area contributed by atoms with Gasteiger partial charge in [0.15, 0.2) is 5.69 Å². The Balaban J connectivity index is 2.36. The van der Waals surface area contributed by atoms with Crippen LogP contribution in [0.15, 0.2) is 28.7 Å². The number of carbonyl (C=O) groups is 1. The molecule has 1 aromatic heterocycles. The number of esters is 1. The van der Waals surface area contributed by atoms with Gasteiger partial charge in [-0.1, -0.05) is 28.1 Å². The molecule has 0 radical (unpaired) electrons. The molecule has 0 aliphatic heterocycles. The van der Waals surface area contributed by atoms with E-state index in [1.165, 1.54) is 0 Å². The van der Waals surface area contributed by atoms with Gasteiger partial charge in [-0.25, -0.2) is 4.79 Å². The molecular formula is C12H12BrN3O2. The SMILES string of the molecule is CCOC(=O)c1[nH]nc(-c2ccc(Br)cc2)c1N. The molecule has 1 aromatic carbocycles. The van der Waals surface area contributed by atoms with Crippen LogP contribution in [0.5, 0.6) is 0 Å². The number of carbonyl (C=O) groups excluding carboxylic acids is 1. The van der Waals surface area contributed by atoms with Gasteiger partial charge in [0.25, 0.3) is 0 Å². The first-order chi connectivity index (χ1) is 8.63. The summed E-state index contributed by atoms with van der Waals surface area (Å²) in [5, 5.41) is 6.66. The number of nitrogens with zero attached hydrogens (tertiary/aromatic N) is 1. The van der Waals surface area contributed by atoms with E-state index in [4.69, 9.17) is 10.5 Å². The molecule has 1 heterocycles. The van der Waals surface area contributed by atoms with E-state index in [-0.39, 0.29) is 5.69 Å². The minimum absolute atomic E-state index is 0.190. The number of nitrogen functional groups attached to an aromatic ring is 1. The van der Waals surface area contributed by atoms with Crippen molar-refractivity contribution in [3.8, 4) is 11.3 Å². The second-order valence-electron chi connectivity index (χ2n) is 3.59. The van der Waals surface area contributed by atoms with Gasteiger partial charge in [0, 0.05) is 10.0 Å². The first kappa shape index (κ1) is 12.6. The molecule has 5 nitrogen and oxygen atoms in total. The Bertz CT molecular complexity index is 563. The van der Waals surface area contributed by atoms with Crippen molar-refractivity contribution in [1.82, 2.24) is 10.2 Å². The van der Waals surface area contributed by atoms with E-state index in [0.29, 0.717) is 18.0 Å². The molecule has 3 N–H and O–H groups in total. The zero-order chi connectivity index (χ0) is 13.1. The van der Waals surface area contributed by atoms with E-state index in [2.05, 4.69) is 26.1 Å². The van der Waals surface area contributed by atoms with Crippen LogP contribution in [0.3, 0.4) is 0 Å². The molecule has 0 saturated carbocycles. The summed E-state index contributed by atoms with van der Waals surface area (Å²) in [7, 11) is 0. The second kappa shape index (κ2) is 5.22. The molecule has 0 bridgehead atoms. The molecule has 0 atom stereocenters. The predicted octanol–water partition coefficient (Wildman–Crippen LogP) is 2.60. The lowest BCUT2D eigenvalue weighted by atomic mass is 10.1. The third-order valence-corrected chi connectivity index (χ3v) is 2.93. The summed E-state index contributed by atoms with van der Waals surface area (Å²) < 4.78 is 5.84. The highest BCUT2D eigenvalue weighted by Gasteiger charge is 2.18. The number of anilines is 1. The summed E-state index contributed by atoms with van der Waals surface area (Å²) in [6.07, 6.45) is 0. The fourth-order valence-electron chi connectivity index (χ4n) is 1.54. The molecule has 0 aliphatic carbocycles. The average Bonchev–Trinajstić information content (AvgIpc) is 2.73. The smallest absolute Gasteiger partial charge is 0.358 e. The number of H-pyrrole nitrogens is 1. The highest BCUT2D eigenvalue weighted by atomic mass is 79.9. The van der Waals surface area contributed by atoms with Crippen molar-refractivity contribution in [2.24, 2.45) is 0 Å². The first-order valence-electron chi connectivity index (χ1n) is 5.40. The Morgan fingerprint density at radius 1 is 1.44 bits per heavy atom. The fourth-order valence-corrected chi connectivity index (χ4v) is 1.80. The van der Waals surface area contributed by atoms with E-state index in [0.717, 1.165) is 10.0 Å². The lowest BCUT2D eigenvalue weighted by molar-refractivity contribution is 0.0520. The largest absolute Gasteiger partial charge is 0.461 e. The van der Waals surface area contributed by atoms with Crippen LogP contribution >= 0.6 is 15.9 Å². The molecule has 0 fully saturated rings. The molecule has 0 unspecified atom stereocenters. The number of ether oxygens (including phenoxy) is 1. The lowest BCUT2D eigenvalue weighted by Gasteiger charge is -2.01. The quantitative estimate of drug-likeness (QED) is 0.854. The van der Waals surface area contributed by atoms with Crippen LogP contribution in [-0.2, 0) is 4.74 Å². The van der Waals surface area contributed by atoms with Gasteiger partial charge in [0.2, 0.25) is 0 Å². The maximum Gasteiger partial charge on any atom is 0.358 e. The van der Waals surface area contributed by atoms with Crippen molar-refractivity contribution >= 4 is 27.6 Å². The Kier molecular flexibility index (Phi) is 3.66. The summed E-state index contributed by atoms with van der Waals surface area (Å²) >= 11 is 3.35. The summed E-state index contributed by atoms with van der Waals surface area (Å²) in [5.74, 6) is -0.495. The van der Waals surface area contributed by atoms with Crippen LogP contribution in [0.1, 0.15) is 17.4 Å². The molecule has 0 amide bonds.